The fourth-order valence-corrected chi connectivity index (χ4v) is 7.85. The third-order valence-corrected chi connectivity index (χ3v) is 11.8. The van der Waals surface area contributed by atoms with E-state index in [1.807, 2.05) is 0 Å². The molecule has 2 atom stereocenters. The maximum atomic E-state index is 13.4. The van der Waals surface area contributed by atoms with Gasteiger partial charge in [0.1, 0.15) is 22.8 Å². The third-order valence-electron chi connectivity index (χ3n) is 7.95. The number of unbranched alkanes of at least 4 members (excludes halogenated alkanes) is 1. The third kappa shape index (κ3) is 5.52. The van der Waals surface area contributed by atoms with Crippen molar-refractivity contribution in [2.24, 2.45) is 0 Å². The van der Waals surface area contributed by atoms with E-state index in [0.29, 0.717) is 0 Å². The van der Waals surface area contributed by atoms with Crippen molar-refractivity contribution in [3.8, 4) is 17.2 Å². The van der Waals surface area contributed by atoms with E-state index in [-0.39, 0.29) is 47.4 Å². The molecule has 0 heterocycles. The Bertz CT molecular complexity index is 1620. The average Bonchev–Trinajstić information content (AvgIpc) is 2.93. The van der Waals surface area contributed by atoms with Crippen molar-refractivity contribution in [2.45, 2.75) is 48.9 Å². The Labute approximate surface area is 249 Å². The fraction of sp³-hybridized carbons (Fsp3) is 0.423. The zero-order valence-electron chi connectivity index (χ0n) is 23.1. The van der Waals surface area contributed by atoms with Crippen LogP contribution in [0, 0.1) is 0 Å². The minimum absolute atomic E-state index is 0.0112. The van der Waals surface area contributed by atoms with Crippen molar-refractivity contribution in [1.82, 2.24) is 5.32 Å². The summed E-state index contributed by atoms with van der Waals surface area (Å²) in [5, 5.41) is 53.3. The highest BCUT2D eigenvalue weighted by Gasteiger charge is 2.58. The van der Waals surface area contributed by atoms with E-state index in [4.69, 9.17) is 4.74 Å². The van der Waals surface area contributed by atoms with Crippen LogP contribution in [0.3, 0.4) is 0 Å². The van der Waals surface area contributed by atoms with Gasteiger partial charge in [0.2, 0.25) is 5.78 Å². The van der Waals surface area contributed by atoms with E-state index in [9.17, 15) is 68.6 Å². The molecule has 2 aliphatic carbocycles. The van der Waals surface area contributed by atoms with Gasteiger partial charge >= 0.3 is 15.2 Å². The number of carbonyl (C=O) groups is 3. The van der Waals surface area contributed by atoms with Crippen LogP contribution in [0.1, 0.15) is 74.8 Å². The fourth-order valence-electron chi connectivity index (χ4n) is 5.60. The van der Waals surface area contributed by atoms with Crippen molar-refractivity contribution in [3.05, 3.63) is 51.6 Å². The number of phenols is 2. The SMILES string of the molecule is COc1cccc2c1C(=O)c1c(O)c3c(c(O)c1C2=O)CC(O)(C(=O)CNCCCCC(O)(P(=O)(O)O)P(=O)(O)O)CC3O. The van der Waals surface area contributed by atoms with Crippen molar-refractivity contribution in [3.63, 3.8) is 0 Å². The van der Waals surface area contributed by atoms with Crippen LogP contribution >= 0.6 is 15.2 Å². The molecular weight excluding hydrogens is 628 g/mol. The Hall–Kier alpha value is -3.01. The minimum Gasteiger partial charge on any atom is -0.507 e. The van der Waals surface area contributed by atoms with Crippen LogP contribution in [0.2, 0.25) is 0 Å². The highest BCUT2D eigenvalue weighted by Crippen LogP contribution is 2.69. The Morgan fingerprint density at radius 3 is 2.23 bits per heavy atom. The number of benzene rings is 2. The van der Waals surface area contributed by atoms with Crippen LogP contribution in [0.4, 0.5) is 0 Å². The number of aliphatic hydroxyl groups is 3. The van der Waals surface area contributed by atoms with E-state index in [1.165, 1.54) is 25.3 Å². The van der Waals surface area contributed by atoms with E-state index >= 15 is 0 Å². The summed E-state index contributed by atoms with van der Waals surface area (Å²) in [4.78, 5) is 76.6. The Balaban J connectivity index is 1.51. The number of fused-ring (bicyclic) bond motifs is 3. The molecule has 0 amide bonds. The number of aromatic hydroxyl groups is 2. The van der Waals surface area contributed by atoms with Crippen molar-refractivity contribution < 1.29 is 73.4 Å². The molecule has 2 unspecified atom stereocenters. The standard InChI is InChI=1S/C26H31NO15P2/c1-42-15-6-4-5-12-18(15)24(33)20-19(21(12)30)22(31)13-9-25(34,10-14(28)17(13)23(20)32)16(29)11-27-8-3-2-7-26(35,43(36,37)38)44(39,40)41/h4-6,14,27-28,31-32,34-35H,2-3,7-11H2,1H3,(H2,36,37,38)(H2,39,40,41). The molecule has 44 heavy (non-hydrogen) atoms. The Morgan fingerprint density at radius 1 is 1.02 bits per heavy atom. The van der Waals surface area contributed by atoms with Gasteiger partial charge in [-0.3, -0.25) is 23.5 Å². The average molecular weight is 659 g/mol. The lowest BCUT2D eigenvalue weighted by Gasteiger charge is -2.37. The number of carbonyl (C=O) groups excluding carboxylic acids is 3. The van der Waals surface area contributed by atoms with E-state index in [1.54, 1.807) is 0 Å². The number of Topliss-reactive ketones (excluding diaryl/α,β-unsaturated/α-hetero) is 1. The van der Waals surface area contributed by atoms with Crippen LogP contribution in [-0.2, 0) is 20.3 Å². The van der Waals surface area contributed by atoms with Gasteiger partial charge in [-0.2, -0.15) is 0 Å². The quantitative estimate of drug-likeness (QED) is 0.0732. The van der Waals surface area contributed by atoms with Crippen LogP contribution in [-0.4, -0.2) is 93.3 Å². The smallest absolute Gasteiger partial charge is 0.369 e. The molecular formula is C26H31NO15P2. The van der Waals surface area contributed by atoms with Gasteiger partial charge in [0, 0.05) is 29.5 Å². The van der Waals surface area contributed by atoms with Crippen molar-refractivity contribution >= 4 is 32.5 Å². The molecule has 0 spiro atoms. The number of phenolic OH excluding ortho intramolecular Hbond substituents is 2. The number of hydrogen-bond acceptors (Lipinski definition) is 12. The van der Waals surface area contributed by atoms with Crippen LogP contribution in [0.5, 0.6) is 17.2 Å². The maximum absolute atomic E-state index is 13.4. The molecule has 0 fully saturated rings. The number of rotatable bonds is 11. The number of aliphatic hydroxyl groups excluding tert-OH is 1. The molecule has 2 aromatic rings. The molecule has 0 aliphatic heterocycles. The molecule has 2 aromatic carbocycles. The molecule has 16 nitrogen and oxygen atoms in total. The second-order valence-corrected chi connectivity index (χ2v) is 14.7. The molecule has 2 aliphatic rings. The van der Waals surface area contributed by atoms with Crippen LogP contribution in [0.25, 0.3) is 0 Å². The normalized spacial score (nSPS) is 20.1. The van der Waals surface area contributed by atoms with Crippen LogP contribution < -0.4 is 10.1 Å². The highest BCUT2D eigenvalue weighted by atomic mass is 31.2. The Morgan fingerprint density at radius 2 is 1.64 bits per heavy atom. The zero-order valence-corrected chi connectivity index (χ0v) is 24.9. The summed E-state index contributed by atoms with van der Waals surface area (Å²) in [6.07, 6.45) is -4.27. The van der Waals surface area contributed by atoms with Gasteiger partial charge in [-0.15, -0.1) is 0 Å². The first kappa shape index (κ1) is 33.9. The van der Waals surface area contributed by atoms with E-state index in [0.717, 1.165) is 0 Å². The summed E-state index contributed by atoms with van der Waals surface area (Å²) in [5.74, 6) is -4.07. The minimum atomic E-state index is -5.61. The molecule has 0 saturated heterocycles. The monoisotopic (exact) mass is 659 g/mol. The zero-order chi connectivity index (χ0) is 33.0. The molecule has 0 aromatic heterocycles. The van der Waals surface area contributed by atoms with E-state index in [2.05, 4.69) is 5.32 Å². The largest absolute Gasteiger partial charge is 0.507 e. The first-order valence-corrected chi connectivity index (χ1v) is 16.4. The van der Waals surface area contributed by atoms with Crippen LogP contribution in [0.15, 0.2) is 18.2 Å². The number of methoxy groups -OCH3 is 1. The van der Waals surface area contributed by atoms with Gasteiger partial charge in [0.05, 0.1) is 36.4 Å². The van der Waals surface area contributed by atoms with Crippen molar-refractivity contribution in [2.75, 3.05) is 20.2 Å². The first-order valence-electron chi connectivity index (χ1n) is 13.2. The summed E-state index contributed by atoms with van der Waals surface area (Å²) < 4.78 is 28.1. The van der Waals surface area contributed by atoms with Gasteiger partial charge < -0.3 is 55.2 Å². The summed E-state index contributed by atoms with van der Waals surface area (Å²) in [5.41, 5.74) is -4.29. The first-order chi connectivity index (χ1) is 20.3. The molecule has 18 heteroatoms. The summed E-state index contributed by atoms with van der Waals surface area (Å²) in [6, 6.07) is 4.21. The molecule has 0 bridgehead atoms. The van der Waals surface area contributed by atoms with Gasteiger partial charge in [-0.1, -0.05) is 12.1 Å². The van der Waals surface area contributed by atoms with E-state index < -0.39 is 97.8 Å². The van der Waals surface area contributed by atoms with Crippen molar-refractivity contribution in [1.29, 1.82) is 0 Å². The lowest BCUT2D eigenvalue weighted by molar-refractivity contribution is -0.141. The lowest BCUT2D eigenvalue weighted by atomic mass is 9.72. The molecule has 240 valence electrons. The molecule has 0 saturated carbocycles. The molecule has 4 rings (SSSR count). The number of nitrogens with one attached hydrogen (secondary N) is 1. The predicted octanol–water partition coefficient (Wildman–Crippen LogP) is -0.0770. The Kier molecular flexibility index (Phi) is 9.03. The number of ketones is 3. The van der Waals surface area contributed by atoms with Gasteiger partial charge in [-0.05, 0) is 31.9 Å². The molecule has 10 N–H and O–H groups in total. The second-order valence-electron chi connectivity index (χ2n) is 10.7. The molecule has 0 radical (unpaired) electrons. The summed E-state index contributed by atoms with van der Waals surface area (Å²) in [7, 11) is -9.93. The maximum Gasteiger partial charge on any atom is 0.369 e. The van der Waals surface area contributed by atoms with Gasteiger partial charge in [0.25, 0.3) is 5.08 Å². The second kappa shape index (κ2) is 11.7. The summed E-state index contributed by atoms with van der Waals surface area (Å²) in [6.45, 7) is -0.583. The van der Waals surface area contributed by atoms with Gasteiger partial charge in [-0.25, -0.2) is 0 Å². The predicted molar refractivity (Wildman–Crippen MR) is 149 cm³/mol. The lowest BCUT2D eigenvalue weighted by Crippen LogP contribution is -2.49. The number of hydrogen-bond donors (Lipinski definition) is 10. The topological polar surface area (TPSA) is 289 Å². The highest BCUT2D eigenvalue weighted by molar-refractivity contribution is 7.72. The number of ether oxygens (including phenoxy) is 1. The van der Waals surface area contributed by atoms with Gasteiger partial charge in [0.15, 0.2) is 11.6 Å². The summed E-state index contributed by atoms with van der Waals surface area (Å²) >= 11 is 0.